The van der Waals surface area contributed by atoms with Gasteiger partial charge in [-0.1, -0.05) is 78.9 Å². The molecule has 13 atom stereocenters. The van der Waals surface area contributed by atoms with Crippen LogP contribution in [-0.2, 0) is 110 Å². The zero-order chi connectivity index (χ0) is 85.2. The van der Waals surface area contributed by atoms with Crippen LogP contribution in [0.3, 0.4) is 0 Å². The number of thioether (sulfide) groups is 1. The van der Waals surface area contributed by atoms with Gasteiger partial charge in [-0.15, -0.1) is 0 Å². The van der Waals surface area contributed by atoms with Crippen molar-refractivity contribution in [2.45, 2.75) is 188 Å². The maximum Gasteiger partial charge on any atom is 0.326 e. The number of aromatic nitrogens is 1. The molecule has 2 heterocycles. The molecule has 1 aliphatic rings. The zero-order valence-electron chi connectivity index (χ0n) is 62.9. The Morgan fingerprint density at radius 3 is 1.37 bits per heavy atom. The smallest absolute Gasteiger partial charge is 0.326 e. The minimum atomic E-state index is -2.21. The Kier molecular flexibility index (Phi) is 37.5. The number of aromatic amines is 1. The summed E-state index contributed by atoms with van der Waals surface area (Å²) in [5.74, 6) is -24.0. The number of nitrogens with one attached hydrogen (secondary N) is 12. The first kappa shape index (κ1) is 93.0. The third kappa shape index (κ3) is 31.1. The molecule has 0 radical (unpaired) electrons. The normalized spacial score (nSPS) is 15.5. The molecule has 41 nitrogen and oxygen atoms in total. The first-order valence-electron chi connectivity index (χ1n) is 36.4. The first-order chi connectivity index (χ1) is 54.5. The number of carbonyl (C=O) groups excluding carboxylic acids is 15. The summed E-state index contributed by atoms with van der Waals surface area (Å²) in [6.07, 6.45) is -3.66. The molecule has 0 unspecified atom stereocenters. The number of hydrogen-bond acceptors (Lipinski definition) is 22. The number of aliphatic carboxylic acids is 4. The van der Waals surface area contributed by atoms with Crippen molar-refractivity contribution in [2.75, 3.05) is 25.1 Å². The van der Waals surface area contributed by atoms with Crippen LogP contribution in [0, 0.1) is 0 Å². The molecule has 26 N–H and O–H groups in total. The average Bonchev–Trinajstić information content (AvgIpc) is 1.45. The summed E-state index contributed by atoms with van der Waals surface area (Å²) in [7, 11) is 0. The largest absolute Gasteiger partial charge is 0.481 e. The van der Waals surface area contributed by atoms with Crippen molar-refractivity contribution in [1.82, 2.24) is 68.4 Å². The summed E-state index contributed by atoms with van der Waals surface area (Å²) in [5.41, 5.74) is 30.4. The van der Waals surface area contributed by atoms with Gasteiger partial charge in [0.15, 0.2) is 0 Å². The van der Waals surface area contributed by atoms with E-state index in [9.17, 15) is 112 Å². The number of likely N-dealkylation sites (tertiary alicyclic amines) is 1. The lowest BCUT2D eigenvalue weighted by atomic mass is 10.0. The second-order valence-corrected chi connectivity index (χ2v) is 28.1. The molecule has 115 heavy (non-hydrogen) atoms. The van der Waals surface area contributed by atoms with E-state index in [1.165, 1.54) is 11.8 Å². The first-order valence-corrected chi connectivity index (χ1v) is 37.8. The third-order valence-electron chi connectivity index (χ3n) is 18.1. The van der Waals surface area contributed by atoms with Gasteiger partial charge in [-0.05, 0) is 93.2 Å². The van der Waals surface area contributed by atoms with E-state index < -0.39 is 236 Å². The summed E-state index contributed by atoms with van der Waals surface area (Å²) in [5, 5.41) is 65.9. The monoisotopic (exact) mass is 1630 g/mol. The summed E-state index contributed by atoms with van der Waals surface area (Å²) < 4.78 is 0. The molecule has 3 aromatic carbocycles. The van der Waals surface area contributed by atoms with Crippen LogP contribution in [-0.4, -0.2) is 246 Å². The van der Waals surface area contributed by atoms with Gasteiger partial charge in [-0.3, -0.25) is 86.3 Å². The van der Waals surface area contributed by atoms with Crippen molar-refractivity contribution in [1.29, 1.82) is 0 Å². The summed E-state index contributed by atoms with van der Waals surface area (Å²) >= 11 is 1.45. The molecule has 0 saturated carbocycles. The molecule has 0 bridgehead atoms. The molecule has 15 amide bonds. The van der Waals surface area contributed by atoms with E-state index in [1.54, 1.807) is 91.1 Å². The highest BCUT2D eigenvalue weighted by atomic mass is 32.2. The molecule has 4 aromatic rings. The maximum absolute atomic E-state index is 14.5. The van der Waals surface area contributed by atoms with E-state index in [-0.39, 0.29) is 70.9 Å². The SMILES string of the molecule is CSCC[C@H](N)C(=O)N[C@@H](Cc1ccccc1)C(=O)N[C@@H](Cc1ccccc1)C(=O)N[C@@H](CCCCN)C(=O)N[C@@H](CC(=O)O)C(=O)N[C@@H](CC(=O)O)C(=O)N[C@@H](C)C(=O)N[C@@H](CC(N)=O)C(=O)N[C@@H](CC(N)=O)C(=O)N[C@@H](CC(=O)O)C(=O)N1CCC[C@H]1C(=O)N[C@@H](CCC(N)=O)C(=O)N[C@@H](Cc1c[nH]c2ccccc12)C(=O)O. The van der Waals surface area contributed by atoms with Crippen molar-refractivity contribution in [3.63, 3.8) is 0 Å². The fourth-order valence-electron chi connectivity index (χ4n) is 12.1. The standard InChI is InChI=1S/C73H98N18O23S/c1-37(80-65(105)50(33-58(95)96)88-70(110)51(34-59(97)98)87-63(103)44(20-11-12-25-74)81-66(106)47(29-39-16-7-4-8-17-39)85-67(107)46(28-38-14-5-3-6-15-38)84-62(102)42(75)24-27-115-2)61(101)83-48(31-56(77)93)68(108)86-49(32-57(78)94)69(109)89-52(35-60(99)100)72(112)91-26-13-21-54(91)71(111)82-45(22-23-55(76)92)64(104)90-53(73(113)114)30-40-36-79-43-19-10-9-18-41(40)43/h3-10,14-19,36-37,42,44-54,79H,11-13,20-35,74-75H2,1-2H3,(H2,76,92)(H2,77,93)(H2,78,94)(H,80,105)(H,81,106)(H,82,111)(H,83,101)(H,84,102)(H,85,107)(H,86,108)(H,87,103)(H,88,110)(H,89,109)(H,90,104)(H,95,96)(H,97,98)(H,99,100)(H,113,114)/t37-,42-,44-,45-,46-,47-,48-,49-,50-,51-,52-,53-,54-/m0/s1. The highest BCUT2D eigenvalue weighted by Crippen LogP contribution is 2.23. The minimum Gasteiger partial charge on any atom is -0.481 e. The number of fused-ring (bicyclic) bond motifs is 1. The number of carboxylic acid groups (broad SMARTS) is 4. The number of H-pyrrole nitrogens is 1. The van der Waals surface area contributed by atoms with Crippen LogP contribution in [0.2, 0.25) is 0 Å². The minimum absolute atomic E-state index is 0.0502. The van der Waals surface area contributed by atoms with E-state index in [1.807, 2.05) is 16.9 Å². The van der Waals surface area contributed by atoms with Gasteiger partial charge in [-0.25, -0.2) is 4.79 Å². The molecule has 624 valence electrons. The zero-order valence-corrected chi connectivity index (χ0v) is 63.7. The number of nitrogens with two attached hydrogens (primary N) is 5. The number of nitrogens with zero attached hydrogens (tertiary/aromatic N) is 1. The number of rotatable bonds is 50. The second-order valence-electron chi connectivity index (χ2n) is 27.1. The van der Waals surface area contributed by atoms with E-state index in [0.717, 1.165) is 11.8 Å². The van der Waals surface area contributed by atoms with Crippen molar-refractivity contribution in [3.05, 3.63) is 108 Å². The number of unbranched alkanes of at least 4 members (excludes halogenated alkanes) is 1. The fourth-order valence-corrected chi connectivity index (χ4v) is 12.6. The average molecular weight is 1630 g/mol. The van der Waals surface area contributed by atoms with Crippen LogP contribution >= 0.6 is 11.8 Å². The maximum atomic E-state index is 14.5. The molecule has 0 spiro atoms. The van der Waals surface area contributed by atoms with Gasteiger partial charge in [-0.2, -0.15) is 11.8 Å². The lowest BCUT2D eigenvalue weighted by Crippen LogP contribution is -2.61. The predicted molar refractivity (Wildman–Crippen MR) is 408 cm³/mol. The van der Waals surface area contributed by atoms with Crippen molar-refractivity contribution >= 4 is 135 Å². The van der Waals surface area contributed by atoms with Gasteiger partial charge in [0.05, 0.1) is 38.1 Å². The van der Waals surface area contributed by atoms with E-state index in [0.29, 0.717) is 33.3 Å². The Labute approximate surface area is 662 Å². The van der Waals surface area contributed by atoms with Gasteiger partial charge < -0.3 is 117 Å². The number of carboxylic acids is 4. The molecular weight excluding hydrogens is 1530 g/mol. The molecule has 1 saturated heterocycles. The number of benzene rings is 3. The fraction of sp³-hybridized carbons (Fsp3) is 0.466. The molecule has 5 rings (SSSR count). The van der Waals surface area contributed by atoms with Crippen molar-refractivity contribution in [3.8, 4) is 0 Å². The van der Waals surface area contributed by atoms with Crippen LogP contribution in [0.15, 0.2) is 91.1 Å². The topological polar surface area (TPSA) is 687 Å². The Morgan fingerprint density at radius 1 is 0.461 bits per heavy atom. The highest BCUT2D eigenvalue weighted by Gasteiger charge is 2.43. The molecule has 42 heteroatoms. The number of hydrogen-bond donors (Lipinski definition) is 21. The van der Waals surface area contributed by atoms with E-state index in [2.05, 4.69) is 52.8 Å². The Hall–Kier alpha value is -12.6. The van der Waals surface area contributed by atoms with Crippen molar-refractivity contribution in [2.24, 2.45) is 28.7 Å². The van der Waals surface area contributed by atoms with Crippen LogP contribution < -0.4 is 87.2 Å². The Balaban J connectivity index is 1.29. The van der Waals surface area contributed by atoms with Gasteiger partial charge in [0, 0.05) is 49.3 Å². The second kappa shape index (κ2) is 46.4. The summed E-state index contributed by atoms with van der Waals surface area (Å²) in [6, 6.07) is 0.987. The van der Waals surface area contributed by atoms with E-state index >= 15 is 0 Å². The van der Waals surface area contributed by atoms with Crippen LogP contribution in [0.25, 0.3) is 10.9 Å². The van der Waals surface area contributed by atoms with Gasteiger partial charge in [0.25, 0.3) is 0 Å². The molecular formula is C73H98N18O23S. The molecule has 1 fully saturated rings. The van der Waals surface area contributed by atoms with Crippen molar-refractivity contribution < 1.29 is 112 Å². The summed E-state index contributed by atoms with van der Waals surface area (Å²) in [6.45, 7) is 0.773. The Morgan fingerprint density at radius 2 is 0.878 bits per heavy atom. The number of amides is 15. The van der Waals surface area contributed by atoms with Gasteiger partial charge >= 0.3 is 23.9 Å². The van der Waals surface area contributed by atoms with Gasteiger partial charge in [0.2, 0.25) is 88.6 Å². The number of para-hydroxylation sites is 1. The molecule has 1 aliphatic heterocycles. The quantitative estimate of drug-likeness (QED) is 0.0183. The summed E-state index contributed by atoms with van der Waals surface area (Å²) in [4.78, 5) is 259. The Bertz CT molecular complexity index is 4170. The van der Waals surface area contributed by atoms with Crippen LogP contribution in [0.5, 0.6) is 0 Å². The lowest BCUT2D eigenvalue weighted by molar-refractivity contribution is -0.146. The molecule has 1 aromatic heterocycles. The van der Waals surface area contributed by atoms with Gasteiger partial charge in [0.1, 0.15) is 72.5 Å². The number of primary amides is 3. The predicted octanol–water partition coefficient (Wildman–Crippen LogP) is -5.73. The van der Waals surface area contributed by atoms with Crippen LogP contribution in [0.1, 0.15) is 107 Å². The molecule has 0 aliphatic carbocycles. The lowest BCUT2D eigenvalue weighted by Gasteiger charge is -2.30. The third-order valence-corrected chi connectivity index (χ3v) is 18.7. The van der Waals surface area contributed by atoms with Crippen LogP contribution in [0.4, 0.5) is 0 Å². The highest BCUT2D eigenvalue weighted by molar-refractivity contribution is 7.98. The van der Waals surface area contributed by atoms with E-state index in [4.69, 9.17) is 28.7 Å². The number of carbonyl (C=O) groups is 19.